The average Bonchev–Trinajstić information content (AvgIpc) is 3.07. The Hall–Kier alpha value is -2.70. The van der Waals surface area contributed by atoms with Crippen LogP contribution in [0.5, 0.6) is 0 Å². The first-order valence-electron chi connectivity index (χ1n) is 11.1. The van der Waals surface area contributed by atoms with Gasteiger partial charge in [-0.1, -0.05) is 73.3 Å². The minimum atomic E-state index is -1.06. The highest BCUT2D eigenvalue weighted by Gasteiger charge is 2.53. The van der Waals surface area contributed by atoms with Crippen LogP contribution in [0.2, 0.25) is 10.0 Å². The number of rotatable bonds is 6. The molecule has 6 nitrogen and oxygen atoms in total. The third kappa shape index (κ3) is 4.30. The molecule has 1 saturated carbocycles. The van der Waals surface area contributed by atoms with Gasteiger partial charge in [0.2, 0.25) is 0 Å². The summed E-state index contributed by atoms with van der Waals surface area (Å²) in [6, 6.07) is 11.8. The summed E-state index contributed by atoms with van der Waals surface area (Å²) in [6.07, 6.45) is 3.10. The number of halogens is 2. The summed E-state index contributed by atoms with van der Waals surface area (Å²) < 4.78 is 0. The van der Waals surface area contributed by atoms with Gasteiger partial charge in [0.15, 0.2) is 5.78 Å². The molecule has 1 heterocycles. The van der Waals surface area contributed by atoms with E-state index in [1.165, 1.54) is 18.2 Å². The third-order valence-corrected chi connectivity index (χ3v) is 6.99. The largest absolute Gasteiger partial charge is 0.292 e. The van der Waals surface area contributed by atoms with E-state index >= 15 is 0 Å². The number of Topliss-reactive ketones (excluding diaryl/α,β-unsaturated/α-hetero) is 1. The molecule has 2 fully saturated rings. The average molecular weight is 487 g/mol. The highest BCUT2D eigenvalue weighted by Crippen LogP contribution is 2.40. The maximum absolute atomic E-state index is 13.8. The molecule has 1 saturated heterocycles. The third-order valence-electron chi connectivity index (χ3n) is 6.45. The van der Waals surface area contributed by atoms with E-state index in [1.807, 2.05) is 0 Å². The van der Waals surface area contributed by atoms with Crippen molar-refractivity contribution in [2.24, 2.45) is 11.8 Å². The summed E-state index contributed by atoms with van der Waals surface area (Å²) >= 11 is 12.3. The van der Waals surface area contributed by atoms with Crippen LogP contribution in [-0.2, 0) is 9.59 Å². The quantitative estimate of drug-likeness (QED) is 0.415. The lowest BCUT2D eigenvalue weighted by atomic mass is 9.81. The Morgan fingerprint density at radius 1 is 1.00 bits per heavy atom. The smallest absolute Gasteiger partial charge is 0.275 e. The number of imide groups is 1. The first-order chi connectivity index (χ1) is 15.8. The molecular formula is C25H24Cl2N2O4. The maximum atomic E-state index is 13.8. The summed E-state index contributed by atoms with van der Waals surface area (Å²) in [5.74, 6) is -2.83. The predicted octanol–water partition coefficient (Wildman–Crippen LogP) is 5.19. The molecule has 33 heavy (non-hydrogen) atoms. The second kappa shape index (κ2) is 9.65. The number of nitrogens with zero attached hydrogens (tertiary/aromatic N) is 2. The van der Waals surface area contributed by atoms with Gasteiger partial charge in [-0.05, 0) is 37.5 Å². The van der Waals surface area contributed by atoms with Crippen molar-refractivity contribution in [3.05, 3.63) is 69.7 Å². The number of carbonyl (C=O) groups excluding carboxylic acids is 4. The number of amides is 3. The van der Waals surface area contributed by atoms with Gasteiger partial charge < -0.3 is 0 Å². The van der Waals surface area contributed by atoms with Crippen molar-refractivity contribution in [3.63, 3.8) is 0 Å². The fourth-order valence-corrected chi connectivity index (χ4v) is 5.27. The molecule has 1 aliphatic heterocycles. The summed E-state index contributed by atoms with van der Waals surface area (Å²) in [4.78, 5) is 54.1. The Bertz CT molecular complexity index is 1080. The highest BCUT2D eigenvalue weighted by molar-refractivity contribution is 6.36. The number of hydrogen-bond donors (Lipinski definition) is 0. The Morgan fingerprint density at radius 2 is 1.61 bits per heavy atom. The minimum absolute atomic E-state index is 0.0656. The molecule has 2 aliphatic rings. The summed E-state index contributed by atoms with van der Waals surface area (Å²) in [7, 11) is 0. The molecule has 0 spiro atoms. The fourth-order valence-electron chi connectivity index (χ4n) is 4.78. The van der Waals surface area contributed by atoms with Gasteiger partial charge in [-0.15, -0.1) is 0 Å². The van der Waals surface area contributed by atoms with E-state index in [0.717, 1.165) is 22.9 Å². The van der Waals surface area contributed by atoms with Crippen LogP contribution in [0.15, 0.2) is 48.5 Å². The van der Waals surface area contributed by atoms with Gasteiger partial charge >= 0.3 is 0 Å². The van der Waals surface area contributed by atoms with Crippen molar-refractivity contribution in [1.82, 2.24) is 10.0 Å². The van der Waals surface area contributed by atoms with Crippen molar-refractivity contribution in [3.8, 4) is 0 Å². The molecule has 4 rings (SSSR count). The van der Waals surface area contributed by atoms with E-state index < -0.39 is 35.6 Å². The van der Waals surface area contributed by atoms with E-state index in [-0.39, 0.29) is 22.8 Å². The lowest BCUT2D eigenvalue weighted by Gasteiger charge is -2.36. The van der Waals surface area contributed by atoms with Gasteiger partial charge in [0.25, 0.3) is 17.7 Å². The van der Waals surface area contributed by atoms with Gasteiger partial charge in [-0.25, -0.2) is 5.01 Å². The molecule has 0 unspecified atom stereocenters. The molecule has 0 N–H and O–H groups in total. The standard InChI is InChI=1S/C25H24Cl2N2O4/c1-2-21(22(30)15-8-4-3-5-9-15)28(25(33)19-13-12-16(26)14-20(19)27)29-23(31)17-10-6-7-11-18(17)24(29)32/h3-5,8-9,12-14,17-18,21H,2,6-7,10-11H2,1H3/t17-,18-,21+/m0/s1. The maximum Gasteiger partial charge on any atom is 0.275 e. The first-order valence-corrected chi connectivity index (χ1v) is 11.9. The SMILES string of the molecule is CC[C@H](C(=O)c1ccccc1)N(C(=O)c1ccc(Cl)cc1Cl)N1C(=O)[C@H]2CCCC[C@@H]2C1=O. The minimum Gasteiger partial charge on any atom is -0.292 e. The van der Waals surface area contributed by atoms with Crippen molar-refractivity contribution in [2.45, 2.75) is 45.1 Å². The van der Waals surface area contributed by atoms with Crippen LogP contribution in [0.3, 0.4) is 0 Å². The Labute approximate surface area is 202 Å². The number of benzene rings is 2. The number of fused-ring (bicyclic) bond motifs is 1. The fraction of sp³-hybridized carbons (Fsp3) is 0.360. The lowest BCUT2D eigenvalue weighted by molar-refractivity contribution is -0.156. The van der Waals surface area contributed by atoms with Crippen LogP contribution in [0, 0.1) is 11.8 Å². The monoisotopic (exact) mass is 486 g/mol. The Kier molecular flexibility index (Phi) is 6.86. The van der Waals surface area contributed by atoms with Crippen LogP contribution in [0.4, 0.5) is 0 Å². The number of hydrogen-bond acceptors (Lipinski definition) is 4. The molecule has 2 aromatic rings. The van der Waals surface area contributed by atoms with Gasteiger partial charge in [0.05, 0.1) is 22.4 Å². The normalized spacial score (nSPS) is 21.0. The molecular weight excluding hydrogens is 463 g/mol. The van der Waals surface area contributed by atoms with Crippen LogP contribution in [-0.4, -0.2) is 39.6 Å². The van der Waals surface area contributed by atoms with Crippen molar-refractivity contribution >= 4 is 46.7 Å². The van der Waals surface area contributed by atoms with E-state index in [0.29, 0.717) is 23.4 Å². The predicted molar refractivity (Wildman–Crippen MR) is 125 cm³/mol. The number of hydrazine groups is 1. The summed E-state index contributed by atoms with van der Waals surface area (Å²) in [6.45, 7) is 1.74. The molecule has 8 heteroatoms. The zero-order valence-corrected chi connectivity index (χ0v) is 19.7. The van der Waals surface area contributed by atoms with E-state index in [2.05, 4.69) is 0 Å². The molecule has 3 amide bonds. The van der Waals surface area contributed by atoms with Gasteiger partial charge in [-0.3, -0.25) is 19.2 Å². The van der Waals surface area contributed by atoms with Crippen molar-refractivity contribution < 1.29 is 19.2 Å². The second-order valence-corrected chi connectivity index (χ2v) is 9.26. The first kappa shape index (κ1) is 23.5. The van der Waals surface area contributed by atoms with Crippen LogP contribution in [0.25, 0.3) is 0 Å². The van der Waals surface area contributed by atoms with Crippen LogP contribution in [0.1, 0.15) is 59.7 Å². The zero-order chi connectivity index (χ0) is 23.7. The van der Waals surface area contributed by atoms with Gasteiger partial charge in [0, 0.05) is 10.6 Å². The summed E-state index contributed by atoms with van der Waals surface area (Å²) in [5, 5.41) is 2.38. The highest BCUT2D eigenvalue weighted by atomic mass is 35.5. The topological polar surface area (TPSA) is 74.8 Å². The molecule has 0 radical (unpaired) electrons. The number of carbonyl (C=O) groups is 4. The Balaban J connectivity index is 1.81. The lowest BCUT2D eigenvalue weighted by Crippen LogP contribution is -2.57. The van der Waals surface area contributed by atoms with Gasteiger partial charge in [-0.2, -0.15) is 5.01 Å². The Morgan fingerprint density at radius 3 is 2.15 bits per heavy atom. The van der Waals surface area contributed by atoms with Crippen molar-refractivity contribution in [2.75, 3.05) is 0 Å². The summed E-state index contributed by atoms with van der Waals surface area (Å²) in [5.41, 5.74) is 0.455. The van der Waals surface area contributed by atoms with Crippen LogP contribution < -0.4 is 0 Å². The molecule has 172 valence electrons. The van der Waals surface area contributed by atoms with Gasteiger partial charge in [0.1, 0.15) is 6.04 Å². The number of ketones is 1. The molecule has 0 aromatic heterocycles. The second-order valence-electron chi connectivity index (χ2n) is 8.41. The molecule has 3 atom stereocenters. The molecule has 1 aliphatic carbocycles. The zero-order valence-electron chi connectivity index (χ0n) is 18.2. The van der Waals surface area contributed by atoms with E-state index in [1.54, 1.807) is 37.3 Å². The van der Waals surface area contributed by atoms with Crippen LogP contribution >= 0.6 is 23.2 Å². The molecule has 2 aromatic carbocycles. The van der Waals surface area contributed by atoms with Crippen molar-refractivity contribution in [1.29, 1.82) is 0 Å². The van der Waals surface area contributed by atoms with E-state index in [4.69, 9.17) is 23.2 Å². The van der Waals surface area contributed by atoms with E-state index in [9.17, 15) is 19.2 Å². The molecule has 0 bridgehead atoms.